The second-order valence-corrected chi connectivity index (χ2v) is 7.29. The quantitative estimate of drug-likeness (QED) is 0.635. The van der Waals surface area contributed by atoms with Gasteiger partial charge in [0.05, 0.1) is 40.5 Å². The van der Waals surface area contributed by atoms with Gasteiger partial charge in [-0.2, -0.15) is 0 Å². The first kappa shape index (κ1) is 20.9. The van der Waals surface area contributed by atoms with Crippen LogP contribution >= 0.6 is 0 Å². The van der Waals surface area contributed by atoms with E-state index in [4.69, 9.17) is 28.4 Å². The number of aromatic hydroxyl groups is 1. The van der Waals surface area contributed by atoms with Gasteiger partial charge in [-0.05, 0) is 35.4 Å². The summed E-state index contributed by atoms with van der Waals surface area (Å²) in [6.45, 7) is -0.157. The van der Waals surface area contributed by atoms with E-state index in [2.05, 4.69) is 0 Å². The fraction of sp³-hybridized carbons (Fsp3) is 0.409. The van der Waals surface area contributed by atoms with Crippen molar-refractivity contribution in [2.45, 2.75) is 5.92 Å². The van der Waals surface area contributed by atoms with Crippen LogP contribution in [0.5, 0.6) is 34.5 Å². The van der Waals surface area contributed by atoms with Gasteiger partial charge >= 0.3 is 5.97 Å². The number of methoxy groups -OCH3 is 3. The maximum absolute atomic E-state index is 12.3. The van der Waals surface area contributed by atoms with Crippen LogP contribution in [0, 0.1) is 11.8 Å². The molecule has 0 spiro atoms. The zero-order chi connectivity index (χ0) is 22.1. The molecule has 0 amide bonds. The number of aliphatic hydroxyl groups excluding tert-OH is 1. The number of hydrogen-bond donors (Lipinski definition) is 2. The molecule has 0 aliphatic carbocycles. The van der Waals surface area contributed by atoms with Crippen molar-refractivity contribution >= 4 is 5.97 Å². The summed E-state index contributed by atoms with van der Waals surface area (Å²) in [6.07, 6.45) is 0. The SMILES string of the molecule is COc1cc(C(c2cc(OC)c3c(c2)OCO3)[C@@H]2COC(=O)[C@@H]2CO)cc(OC)c1O. The molecule has 31 heavy (non-hydrogen) atoms. The lowest BCUT2D eigenvalue weighted by Gasteiger charge is -2.27. The zero-order valence-electron chi connectivity index (χ0n) is 17.4. The van der Waals surface area contributed by atoms with Crippen molar-refractivity contribution in [2.75, 3.05) is 41.3 Å². The second-order valence-electron chi connectivity index (χ2n) is 7.29. The summed E-state index contributed by atoms with van der Waals surface area (Å²) < 4.78 is 32.5. The molecule has 2 aliphatic heterocycles. The molecule has 2 N–H and O–H groups in total. The molecule has 9 nitrogen and oxygen atoms in total. The minimum Gasteiger partial charge on any atom is -0.502 e. The molecule has 166 valence electrons. The molecule has 0 bridgehead atoms. The number of carbonyl (C=O) groups is 1. The van der Waals surface area contributed by atoms with Gasteiger partial charge in [0, 0.05) is 11.8 Å². The molecule has 4 rings (SSSR count). The third-order valence-corrected chi connectivity index (χ3v) is 5.76. The number of rotatable bonds is 7. The van der Waals surface area contributed by atoms with Gasteiger partial charge in [0.15, 0.2) is 23.0 Å². The summed E-state index contributed by atoms with van der Waals surface area (Å²) >= 11 is 0. The first-order valence-corrected chi connectivity index (χ1v) is 9.72. The maximum Gasteiger partial charge on any atom is 0.311 e. The number of cyclic esters (lactones) is 1. The summed E-state index contributed by atoms with van der Waals surface area (Å²) in [6, 6.07) is 6.98. The molecule has 0 radical (unpaired) electrons. The summed E-state index contributed by atoms with van der Waals surface area (Å²) in [7, 11) is 4.41. The lowest BCUT2D eigenvalue weighted by molar-refractivity contribution is -0.142. The average molecular weight is 432 g/mol. The largest absolute Gasteiger partial charge is 0.502 e. The number of hydrogen-bond acceptors (Lipinski definition) is 9. The van der Waals surface area contributed by atoms with Gasteiger partial charge in [0.1, 0.15) is 0 Å². The Labute approximate surface area is 179 Å². The highest BCUT2D eigenvalue weighted by Gasteiger charge is 2.43. The van der Waals surface area contributed by atoms with E-state index in [9.17, 15) is 15.0 Å². The molecule has 0 aromatic heterocycles. The molecular weight excluding hydrogens is 408 g/mol. The van der Waals surface area contributed by atoms with Gasteiger partial charge in [-0.1, -0.05) is 0 Å². The lowest BCUT2D eigenvalue weighted by Crippen LogP contribution is -2.26. The van der Waals surface area contributed by atoms with Crippen LogP contribution in [0.2, 0.25) is 0 Å². The Morgan fingerprint density at radius 3 is 2.19 bits per heavy atom. The standard InChI is InChI=1S/C22H24O9/c1-26-15-4-11(5-16(27-2)20(15)24)19(14-9-29-22(25)13(14)8-23)12-6-17(28-3)21-18(7-12)30-10-31-21/h4-7,13-14,19,23-24H,8-10H2,1-3H3/t13-,14-,19?/m1/s1. The van der Waals surface area contributed by atoms with E-state index in [1.165, 1.54) is 21.3 Å². The van der Waals surface area contributed by atoms with Gasteiger partial charge in [0.25, 0.3) is 0 Å². The van der Waals surface area contributed by atoms with E-state index in [-0.39, 0.29) is 43.2 Å². The van der Waals surface area contributed by atoms with Crippen molar-refractivity contribution in [3.8, 4) is 34.5 Å². The third kappa shape index (κ3) is 3.54. The zero-order valence-corrected chi connectivity index (χ0v) is 17.4. The van der Waals surface area contributed by atoms with Crippen molar-refractivity contribution in [1.82, 2.24) is 0 Å². The third-order valence-electron chi connectivity index (χ3n) is 5.76. The predicted molar refractivity (Wildman–Crippen MR) is 107 cm³/mol. The summed E-state index contributed by atoms with van der Waals surface area (Å²) in [5.41, 5.74) is 1.46. The molecule has 2 aromatic carbocycles. The smallest absolute Gasteiger partial charge is 0.311 e. The predicted octanol–water partition coefficient (Wildman–Crippen LogP) is 2.06. The van der Waals surface area contributed by atoms with Crippen LogP contribution in [0.4, 0.5) is 0 Å². The van der Waals surface area contributed by atoms with Crippen LogP contribution in [0.1, 0.15) is 17.0 Å². The van der Waals surface area contributed by atoms with E-state index < -0.39 is 17.8 Å². The van der Waals surface area contributed by atoms with Crippen LogP contribution in [0.3, 0.4) is 0 Å². The first-order valence-electron chi connectivity index (χ1n) is 9.72. The Hall–Kier alpha value is -3.33. The van der Waals surface area contributed by atoms with Gasteiger partial charge in [0.2, 0.25) is 18.3 Å². The number of carbonyl (C=O) groups excluding carboxylic acids is 1. The molecule has 2 aromatic rings. The van der Waals surface area contributed by atoms with E-state index in [0.717, 1.165) is 5.56 Å². The Morgan fingerprint density at radius 2 is 1.58 bits per heavy atom. The monoisotopic (exact) mass is 432 g/mol. The molecule has 9 heteroatoms. The minimum atomic E-state index is -0.716. The van der Waals surface area contributed by atoms with Crippen molar-refractivity contribution in [3.05, 3.63) is 35.4 Å². The number of phenolic OH excluding ortho intramolecular Hbond substituents is 1. The molecule has 1 fully saturated rings. The van der Waals surface area contributed by atoms with Crippen LogP contribution in [-0.2, 0) is 9.53 Å². The lowest BCUT2D eigenvalue weighted by atomic mass is 9.75. The van der Waals surface area contributed by atoms with Gasteiger partial charge in [-0.3, -0.25) is 4.79 Å². The van der Waals surface area contributed by atoms with Crippen LogP contribution in [0.25, 0.3) is 0 Å². The fourth-order valence-electron chi connectivity index (χ4n) is 4.22. The molecule has 3 atom stereocenters. The van der Waals surface area contributed by atoms with Gasteiger partial charge in [-0.25, -0.2) is 0 Å². The van der Waals surface area contributed by atoms with Crippen LogP contribution in [-0.4, -0.2) is 57.5 Å². The van der Waals surface area contributed by atoms with Gasteiger partial charge in [-0.15, -0.1) is 0 Å². The molecule has 2 aliphatic rings. The maximum atomic E-state index is 12.3. The number of aliphatic hydroxyl groups is 1. The van der Waals surface area contributed by atoms with Crippen molar-refractivity contribution < 1.29 is 43.4 Å². The topological polar surface area (TPSA) is 113 Å². The second kappa shape index (κ2) is 8.43. The van der Waals surface area contributed by atoms with Gasteiger partial charge < -0.3 is 38.6 Å². The fourth-order valence-corrected chi connectivity index (χ4v) is 4.22. The number of phenols is 1. The first-order chi connectivity index (χ1) is 15.0. The van der Waals surface area contributed by atoms with Crippen LogP contribution < -0.4 is 23.7 Å². The molecular formula is C22H24O9. The number of fused-ring (bicyclic) bond motifs is 1. The van der Waals surface area contributed by atoms with Crippen molar-refractivity contribution in [3.63, 3.8) is 0 Å². The van der Waals surface area contributed by atoms with Crippen LogP contribution in [0.15, 0.2) is 24.3 Å². The highest BCUT2D eigenvalue weighted by atomic mass is 16.7. The summed E-state index contributed by atoms with van der Waals surface area (Å²) in [4.78, 5) is 12.3. The highest BCUT2D eigenvalue weighted by Crippen LogP contribution is 2.49. The Kier molecular flexibility index (Phi) is 5.69. The number of ether oxygens (including phenoxy) is 6. The van der Waals surface area contributed by atoms with Crippen molar-refractivity contribution in [1.29, 1.82) is 0 Å². The van der Waals surface area contributed by atoms with E-state index in [1.807, 2.05) is 6.07 Å². The summed E-state index contributed by atoms with van der Waals surface area (Å²) in [5.74, 6) is -0.180. The highest BCUT2D eigenvalue weighted by molar-refractivity contribution is 5.75. The molecule has 1 unspecified atom stereocenters. The molecule has 1 saturated heterocycles. The molecule has 2 heterocycles. The molecule has 0 saturated carbocycles. The van der Waals surface area contributed by atoms with Crippen molar-refractivity contribution in [2.24, 2.45) is 11.8 Å². The normalized spacial score (nSPS) is 20.3. The van der Waals surface area contributed by atoms with E-state index in [0.29, 0.717) is 22.8 Å². The van der Waals surface area contributed by atoms with E-state index >= 15 is 0 Å². The Balaban J connectivity index is 1.91. The number of benzene rings is 2. The Morgan fingerprint density at radius 1 is 0.968 bits per heavy atom. The average Bonchev–Trinajstić information content (AvgIpc) is 3.40. The van der Waals surface area contributed by atoms with E-state index in [1.54, 1.807) is 18.2 Å². The Bertz CT molecular complexity index is 948. The summed E-state index contributed by atoms with van der Waals surface area (Å²) in [5, 5.41) is 20.2. The minimum absolute atomic E-state index is 0.0744. The number of esters is 1.